The van der Waals surface area contributed by atoms with Crippen LogP contribution in [0.5, 0.6) is 0 Å². The molecule has 2 atom stereocenters. The number of thiazole rings is 2. The van der Waals surface area contributed by atoms with Crippen molar-refractivity contribution < 1.29 is 9.59 Å². The largest absolute Gasteiger partial charge is 0.475 e. The van der Waals surface area contributed by atoms with Crippen LogP contribution in [-0.2, 0) is 0 Å². The number of nitrogens with one attached hydrogen (secondary N) is 1. The molecule has 0 spiro atoms. The number of rotatable bonds is 5. The van der Waals surface area contributed by atoms with E-state index in [1.165, 1.54) is 22.7 Å². The molecule has 0 bridgehead atoms. The molecule has 4 heterocycles. The number of aromatic nitrogens is 2. The third kappa shape index (κ3) is 3.81. The maximum absolute atomic E-state index is 14.1. The normalized spacial score (nSPS) is 23.6. The highest BCUT2D eigenvalue weighted by Crippen LogP contribution is 2.46. The van der Waals surface area contributed by atoms with E-state index < -0.39 is 0 Å². The Bertz CT molecular complexity index is 1510. The molecule has 8 nitrogen and oxygen atoms in total. The van der Waals surface area contributed by atoms with Crippen LogP contribution in [0.25, 0.3) is 22.5 Å². The summed E-state index contributed by atoms with van der Waals surface area (Å²) in [5.41, 5.74) is 3.46. The maximum atomic E-state index is 14.1. The Kier molecular flexibility index (Phi) is 6.29. The van der Waals surface area contributed by atoms with Gasteiger partial charge in [-0.15, -0.1) is 0 Å². The molecule has 0 radical (unpaired) electrons. The fourth-order valence-electron chi connectivity index (χ4n) is 4.99. The Balaban J connectivity index is 1.52. The van der Waals surface area contributed by atoms with Crippen molar-refractivity contribution in [1.29, 1.82) is 0 Å². The highest BCUT2D eigenvalue weighted by Gasteiger charge is 2.73. The molecular formula is C25H22Br2N6O2S2+2. The van der Waals surface area contributed by atoms with Crippen LogP contribution >= 0.6 is 54.5 Å². The number of hydrogen-bond acceptors (Lipinski definition) is 6. The van der Waals surface area contributed by atoms with E-state index in [2.05, 4.69) is 37.2 Å². The van der Waals surface area contributed by atoms with Crippen molar-refractivity contribution in [3.8, 4) is 22.5 Å². The maximum Gasteiger partial charge on any atom is 0.475 e. The van der Waals surface area contributed by atoms with Gasteiger partial charge in [0.05, 0.1) is 24.5 Å². The van der Waals surface area contributed by atoms with Crippen molar-refractivity contribution in [1.82, 2.24) is 29.4 Å². The van der Waals surface area contributed by atoms with Crippen LogP contribution in [0.1, 0.15) is 0 Å². The number of carbonyl (C=O) groups excluding carboxylic acids is 2. The van der Waals surface area contributed by atoms with Gasteiger partial charge in [0.15, 0.2) is 13.1 Å². The molecule has 4 aromatic rings. The SMILES string of the molecule is CN1CC[N+](c2nc(-c3ccc(Br)cc3)cs2)([N+]2(c3nc(-c4ccc(Br)cc4)cs3)CCNC2=O)C1=O. The predicted octanol–water partition coefficient (Wildman–Crippen LogP) is 6.48. The number of carbonyl (C=O) groups is 2. The van der Waals surface area contributed by atoms with Gasteiger partial charge in [-0.05, 0) is 33.4 Å². The molecule has 0 aliphatic carbocycles. The molecule has 2 aromatic heterocycles. The van der Waals surface area contributed by atoms with Gasteiger partial charge in [-0.3, -0.25) is 10.2 Å². The highest BCUT2D eigenvalue weighted by molar-refractivity contribution is 9.10. The minimum absolute atomic E-state index is 0.158. The monoisotopic (exact) mass is 660 g/mol. The first-order chi connectivity index (χ1) is 17.8. The standard InChI is InChI=1S/C25H21Br2N6O2S2/c1-31-11-13-33(25(31)35,24-30-21(15-37-24)17-4-8-19(27)9-5-17)32(12-10-28-22(32)34)23-29-20(14-36-23)16-2-6-18(26)7-3-16/h2-9,14-15H,10-13H2,1H3/q+1/p+1. The summed E-state index contributed by atoms with van der Waals surface area (Å²) in [7, 11) is 1.78. The molecule has 0 saturated carbocycles. The van der Waals surface area contributed by atoms with E-state index in [4.69, 9.17) is 9.97 Å². The van der Waals surface area contributed by atoms with Crippen LogP contribution in [0.15, 0.2) is 68.2 Å². The quantitative estimate of drug-likeness (QED) is 0.249. The lowest BCUT2D eigenvalue weighted by Gasteiger charge is -2.38. The highest BCUT2D eigenvalue weighted by atomic mass is 79.9. The molecule has 1 N–H and O–H groups in total. The third-order valence-corrected chi connectivity index (χ3v) is 9.88. The van der Waals surface area contributed by atoms with Crippen LogP contribution in [0.3, 0.4) is 0 Å². The lowest BCUT2D eigenvalue weighted by atomic mass is 10.2. The topological polar surface area (TPSA) is 75.2 Å². The van der Waals surface area contributed by atoms with Crippen molar-refractivity contribution >= 4 is 76.9 Å². The molecule has 4 amide bonds. The zero-order chi connectivity index (χ0) is 25.8. The van der Waals surface area contributed by atoms with Crippen LogP contribution in [0.2, 0.25) is 0 Å². The Morgan fingerprint density at radius 3 is 1.76 bits per heavy atom. The van der Waals surface area contributed by atoms with E-state index in [0.717, 1.165) is 31.5 Å². The number of benzene rings is 2. The zero-order valence-electron chi connectivity index (χ0n) is 19.7. The molecule has 2 aliphatic rings. The van der Waals surface area contributed by atoms with Gasteiger partial charge in [-0.25, -0.2) is 9.59 Å². The number of likely N-dealkylation sites (N-methyl/N-ethyl adjacent to an activating group) is 1. The van der Waals surface area contributed by atoms with Crippen LogP contribution in [-0.4, -0.2) is 60.2 Å². The lowest BCUT2D eigenvalue weighted by molar-refractivity contribution is 0.0867. The number of amides is 4. The third-order valence-electron chi connectivity index (χ3n) is 6.93. The van der Waals surface area contributed by atoms with Crippen molar-refractivity contribution in [2.45, 2.75) is 0 Å². The zero-order valence-corrected chi connectivity index (χ0v) is 24.5. The Morgan fingerprint density at radius 2 is 1.32 bits per heavy atom. The summed E-state index contributed by atoms with van der Waals surface area (Å²) in [5.74, 6) is 0. The van der Waals surface area contributed by atoms with E-state index in [0.29, 0.717) is 36.4 Å². The fraction of sp³-hybridized carbons (Fsp3) is 0.200. The van der Waals surface area contributed by atoms with Gasteiger partial charge in [-0.1, -0.05) is 78.8 Å². The number of quaternary nitrogens is 2. The second-order valence-electron chi connectivity index (χ2n) is 8.97. The van der Waals surface area contributed by atoms with Crippen molar-refractivity contribution in [3.05, 3.63) is 68.2 Å². The van der Waals surface area contributed by atoms with Gasteiger partial charge in [0.25, 0.3) is 0 Å². The fourth-order valence-corrected chi connectivity index (χ4v) is 7.61. The number of hydrogen-bond donors (Lipinski definition) is 1. The average Bonchev–Trinajstić information content (AvgIpc) is 3.69. The molecule has 6 rings (SSSR count). The summed E-state index contributed by atoms with van der Waals surface area (Å²) < 4.78 is 1.47. The summed E-state index contributed by atoms with van der Waals surface area (Å²) >= 11 is 9.79. The minimum atomic E-state index is -0.252. The summed E-state index contributed by atoms with van der Waals surface area (Å²) in [6.45, 7) is 1.79. The van der Waals surface area contributed by atoms with Crippen molar-refractivity contribution in [3.63, 3.8) is 0 Å². The van der Waals surface area contributed by atoms with Gasteiger partial charge >= 0.3 is 22.3 Å². The number of nitrogens with zero attached hydrogens (tertiary/aromatic N) is 5. The first-order valence-corrected chi connectivity index (χ1v) is 14.9. The Hall–Kier alpha value is -2.48. The molecule has 2 aliphatic heterocycles. The number of urea groups is 2. The van der Waals surface area contributed by atoms with Gasteiger partial charge in [0, 0.05) is 37.9 Å². The summed E-state index contributed by atoms with van der Waals surface area (Å²) in [4.78, 5) is 39.5. The second-order valence-corrected chi connectivity index (χ2v) is 12.5. The van der Waals surface area contributed by atoms with Gasteiger partial charge < -0.3 is 0 Å². The van der Waals surface area contributed by atoms with E-state index in [1.807, 2.05) is 59.3 Å². The molecule has 2 saturated heterocycles. The second kappa shape index (κ2) is 9.37. The molecule has 188 valence electrons. The van der Waals surface area contributed by atoms with Crippen LogP contribution in [0.4, 0.5) is 19.9 Å². The van der Waals surface area contributed by atoms with E-state index in [1.54, 1.807) is 11.9 Å². The minimum Gasteiger partial charge on any atom is -0.295 e. The summed E-state index contributed by atoms with van der Waals surface area (Å²) in [6.07, 6.45) is 0. The predicted molar refractivity (Wildman–Crippen MR) is 155 cm³/mol. The molecule has 37 heavy (non-hydrogen) atoms. The summed E-state index contributed by atoms with van der Waals surface area (Å²) in [6, 6.07) is 15.4. The lowest BCUT2D eigenvalue weighted by Crippen LogP contribution is -2.78. The van der Waals surface area contributed by atoms with Gasteiger partial charge in [-0.2, -0.15) is 9.97 Å². The average molecular weight is 662 g/mol. The Morgan fingerprint density at radius 1 is 0.811 bits per heavy atom. The van der Waals surface area contributed by atoms with Crippen molar-refractivity contribution in [2.24, 2.45) is 0 Å². The molecule has 2 unspecified atom stereocenters. The first-order valence-electron chi connectivity index (χ1n) is 11.6. The molecule has 2 aromatic carbocycles. The molecular weight excluding hydrogens is 640 g/mol. The summed E-state index contributed by atoms with van der Waals surface area (Å²) in [5, 5.41) is 8.08. The van der Waals surface area contributed by atoms with Gasteiger partial charge in [0.1, 0.15) is 0 Å². The number of halogens is 2. The smallest absolute Gasteiger partial charge is 0.295 e. The molecule has 12 heteroatoms. The van der Waals surface area contributed by atoms with Gasteiger partial charge in [0.2, 0.25) is 0 Å². The van der Waals surface area contributed by atoms with Crippen molar-refractivity contribution in [2.75, 3.05) is 33.2 Å². The van der Waals surface area contributed by atoms with E-state index in [-0.39, 0.29) is 21.2 Å². The first kappa shape index (κ1) is 24.8. The van der Waals surface area contributed by atoms with Crippen LogP contribution in [0, 0.1) is 0 Å². The van der Waals surface area contributed by atoms with Crippen LogP contribution < -0.4 is 14.5 Å². The van der Waals surface area contributed by atoms with E-state index in [9.17, 15) is 9.59 Å². The van der Waals surface area contributed by atoms with E-state index >= 15 is 0 Å². The Labute approximate surface area is 238 Å². The molecule has 2 fully saturated rings.